The summed E-state index contributed by atoms with van der Waals surface area (Å²) >= 11 is 0. The van der Waals surface area contributed by atoms with E-state index in [1.807, 2.05) is 0 Å². The maximum atomic E-state index is 13.8. The van der Waals surface area contributed by atoms with Gasteiger partial charge in [0.15, 0.2) is 17.7 Å². The number of nitrogens with two attached hydrogens (primary N) is 1. The lowest BCUT2D eigenvalue weighted by Gasteiger charge is -2.25. The number of benzene rings is 1. The van der Waals surface area contributed by atoms with Crippen molar-refractivity contribution < 1.29 is 33.2 Å². The molecule has 2 aromatic heterocycles. The molecule has 16 nitrogen and oxygen atoms in total. The maximum Gasteiger partial charge on any atom is 0.342 e. The van der Waals surface area contributed by atoms with Gasteiger partial charge >= 0.3 is 13.5 Å². The number of ether oxygens (including phenoxy) is 3. The fourth-order valence-electron chi connectivity index (χ4n) is 4.07. The SMILES string of the molecule is CC(C)OC(=O)C(C)NP(=O)(COC[C@H]1O[C@@H](n2cnc3c(N)ncnc32)C(O)[C@H]1N=[N+]=[N-])Oc1ccccc1. The van der Waals surface area contributed by atoms with Crippen molar-refractivity contribution in [3.63, 3.8) is 0 Å². The van der Waals surface area contributed by atoms with Gasteiger partial charge in [0.2, 0.25) is 0 Å². The number of esters is 1. The largest absolute Gasteiger partial charge is 0.462 e. The number of anilines is 1. The van der Waals surface area contributed by atoms with Gasteiger partial charge in [0.25, 0.3) is 0 Å². The van der Waals surface area contributed by atoms with Crippen LogP contribution in [-0.4, -0.2) is 73.9 Å². The third-order valence-corrected chi connectivity index (χ3v) is 7.63. The van der Waals surface area contributed by atoms with Crippen LogP contribution in [0.25, 0.3) is 21.6 Å². The second-order valence-electron chi connectivity index (χ2n) is 9.25. The second kappa shape index (κ2) is 12.6. The summed E-state index contributed by atoms with van der Waals surface area (Å²) in [6.07, 6.45) is -1.51. The summed E-state index contributed by atoms with van der Waals surface area (Å²) in [5, 5.41) is 17.3. The monoisotopic (exact) mass is 575 g/mol. The van der Waals surface area contributed by atoms with Crippen molar-refractivity contribution in [1.82, 2.24) is 24.6 Å². The van der Waals surface area contributed by atoms with Crippen LogP contribution in [0.1, 0.15) is 27.0 Å². The molecule has 3 aromatic rings. The number of rotatable bonds is 12. The zero-order valence-electron chi connectivity index (χ0n) is 22.0. The van der Waals surface area contributed by atoms with Gasteiger partial charge in [0.1, 0.15) is 36.1 Å². The predicted molar refractivity (Wildman–Crippen MR) is 142 cm³/mol. The number of fused-ring (bicyclic) bond motifs is 1. The number of nitrogen functional groups attached to an aromatic ring is 1. The summed E-state index contributed by atoms with van der Waals surface area (Å²) in [5.41, 5.74) is 15.6. The highest BCUT2D eigenvalue weighted by Gasteiger charge is 2.45. The molecule has 0 aliphatic carbocycles. The summed E-state index contributed by atoms with van der Waals surface area (Å²) in [6.45, 7) is 4.66. The first kappa shape index (κ1) is 29.2. The molecule has 1 aliphatic heterocycles. The highest BCUT2D eigenvalue weighted by Crippen LogP contribution is 2.44. The number of azide groups is 1. The minimum Gasteiger partial charge on any atom is -0.462 e. The van der Waals surface area contributed by atoms with Crippen LogP contribution in [-0.2, 0) is 23.6 Å². The van der Waals surface area contributed by atoms with Crippen molar-refractivity contribution in [3.8, 4) is 5.75 Å². The van der Waals surface area contributed by atoms with Gasteiger partial charge in [-0.2, -0.15) is 0 Å². The van der Waals surface area contributed by atoms with Crippen molar-refractivity contribution >= 4 is 30.5 Å². The predicted octanol–water partition coefficient (Wildman–Crippen LogP) is 2.52. The van der Waals surface area contributed by atoms with Crippen molar-refractivity contribution in [2.75, 3.05) is 18.7 Å². The van der Waals surface area contributed by atoms with Crippen LogP contribution >= 0.6 is 7.52 Å². The van der Waals surface area contributed by atoms with Gasteiger partial charge in [0, 0.05) is 4.91 Å². The molecule has 3 unspecified atom stereocenters. The molecule has 0 amide bonds. The molecule has 0 spiro atoms. The molecule has 214 valence electrons. The van der Waals surface area contributed by atoms with Crippen molar-refractivity contribution in [3.05, 3.63) is 53.4 Å². The van der Waals surface area contributed by atoms with E-state index in [1.54, 1.807) is 44.2 Å². The zero-order chi connectivity index (χ0) is 28.9. The minimum absolute atomic E-state index is 0.149. The van der Waals surface area contributed by atoms with Crippen LogP contribution in [0, 0.1) is 0 Å². The number of carbonyl (C=O) groups excluding carboxylic acids is 1. The Hall–Kier alpha value is -3.78. The zero-order valence-corrected chi connectivity index (χ0v) is 22.9. The van der Waals surface area contributed by atoms with E-state index < -0.39 is 50.4 Å². The number of hydrogen-bond acceptors (Lipinski definition) is 12. The van der Waals surface area contributed by atoms with Crippen molar-refractivity contribution in [1.29, 1.82) is 0 Å². The number of para-hydroxylation sites is 1. The molecule has 0 radical (unpaired) electrons. The van der Waals surface area contributed by atoms with Crippen LogP contribution in [0.5, 0.6) is 5.75 Å². The first-order chi connectivity index (χ1) is 19.1. The van der Waals surface area contributed by atoms with E-state index in [9.17, 15) is 14.5 Å². The van der Waals surface area contributed by atoms with E-state index in [0.29, 0.717) is 16.9 Å². The number of carbonyl (C=O) groups is 1. The van der Waals surface area contributed by atoms with Gasteiger partial charge in [-0.05, 0) is 38.4 Å². The average Bonchev–Trinajstić information content (AvgIpc) is 3.46. The normalized spacial score (nSPS) is 22.9. The summed E-state index contributed by atoms with van der Waals surface area (Å²) in [5.74, 6) is -0.174. The van der Waals surface area contributed by atoms with Crippen LogP contribution < -0.4 is 15.3 Å². The maximum absolute atomic E-state index is 13.8. The fourth-order valence-corrected chi connectivity index (χ4v) is 5.75. The number of aromatic nitrogens is 4. The summed E-state index contributed by atoms with van der Waals surface area (Å²) in [4.78, 5) is 27.4. The smallest absolute Gasteiger partial charge is 0.342 e. The van der Waals surface area contributed by atoms with E-state index in [1.165, 1.54) is 24.1 Å². The Morgan fingerprint density at radius 1 is 1.30 bits per heavy atom. The van der Waals surface area contributed by atoms with Crippen molar-refractivity contribution in [2.24, 2.45) is 5.11 Å². The van der Waals surface area contributed by atoms with Crippen LogP contribution in [0.3, 0.4) is 0 Å². The average molecular weight is 576 g/mol. The number of imidazole rings is 1. The molecule has 1 aliphatic rings. The lowest BCUT2D eigenvalue weighted by molar-refractivity contribution is -0.149. The van der Waals surface area contributed by atoms with E-state index in [0.717, 1.165) is 0 Å². The lowest BCUT2D eigenvalue weighted by atomic mass is 10.1. The molecule has 17 heteroatoms. The van der Waals surface area contributed by atoms with Gasteiger partial charge in [-0.15, -0.1) is 0 Å². The minimum atomic E-state index is -3.84. The Morgan fingerprint density at radius 2 is 2.05 bits per heavy atom. The van der Waals surface area contributed by atoms with E-state index in [4.69, 9.17) is 30.0 Å². The number of aliphatic hydroxyl groups excluding tert-OH is 1. The van der Waals surface area contributed by atoms with E-state index in [-0.39, 0.29) is 18.5 Å². The lowest BCUT2D eigenvalue weighted by Crippen LogP contribution is -2.37. The van der Waals surface area contributed by atoms with E-state index >= 15 is 0 Å². The first-order valence-electron chi connectivity index (χ1n) is 12.3. The molecule has 0 saturated carbocycles. The fraction of sp³-hybridized carbons (Fsp3) is 0.478. The van der Waals surface area contributed by atoms with Gasteiger partial charge < -0.3 is 29.6 Å². The summed E-state index contributed by atoms with van der Waals surface area (Å²) < 4.78 is 37.9. The standard InChI is InChI=1S/C23H30N9O7P/c1-13(2)37-23(34)14(3)30-40(35,39-15-7-5-4-6-8-15)12-36-9-16-17(29-31-25)19(33)22(38-16)32-11-28-18-20(24)26-10-27-21(18)32/h4-8,10-11,13-14,16-17,19,22,33H,9,12H2,1-3H3,(H,30,35)(H2,24,26,27)/t14?,16-,17+,19?,22-,40?/m1/s1. The van der Waals surface area contributed by atoms with Gasteiger partial charge in [0.05, 0.1) is 31.2 Å². The molecular weight excluding hydrogens is 545 g/mol. The summed E-state index contributed by atoms with van der Waals surface area (Å²) in [6, 6.07) is 6.35. The molecule has 1 saturated heterocycles. The van der Waals surface area contributed by atoms with Crippen LogP contribution in [0.15, 0.2) is 48.1 Å². The molecule has 1 fully saturated rings. The van der Waals surface area contributed by atoms with Gasteiger partial charge in [-0.1, -0.05) is 23.3 Å². The molecule has 1 aromatic carbocycles. The molecule has 6 atom stereocenters. The van der Waals surface area contributed by atoms with Gasteiger partial charge in [-0.3, -0.25) is 13.9 Å². The molecule has 0 bridgehead atoms. The van der Waals surface area contributed by atoms with E-state index in [2.05, 4.69) is 30.1 Å². The third kappa shape index (κ3) is 6.67. The summed E-state index contributed by atoms with van der Waals surface area (Å²) in [7, 11) is -3.84. The number of aliphatic hydroxyl groups is 1. The Balaban J connectivity index is 1.49. The highest BCUT2D eigenvalue weighted by atomic mass is 31.2. The quantitative estimate of drug-likeness (QED) is 0.0932. The second-order valence-corrected chi connectivity index (χ2v) is 11.3. The number of nitrogens with zero attached hydrogens (tertiary/aromatic N) is 7. The Labute approximate surface area is 228 Å². The van der Waals surface area contributed by atoms with Gasteiger partial charge in [-0.25, -0.2) is 20.0 Å². The molecule has 40 heavy (non-hydrogen) atoms. The number of nitrogens with one attached hydrogen (secondary N) is 1. The van der Waals surface area contributed by atoms with Crippen molar-refractivity contribution in [2.45, 2.75) is 57.4 Å². The Morgan fingerprint density at radius 3 is 2.75 bits per heavy atom. The molecular formula is C23H30N9O7P. The molecule has 3 heterocycles. The topological polar surface area (TPSA) is 222 Å². The molecule has 4 rings (SSSR count). The van der Waals surface area contributed by atoms with Crippen LogP contribution in [0.2, 0.25) is 0 Å². The number of hydrogen-bond donors (Lipinski definition) is 3. The highest BCUT2D eigenvalue weighted by molar-refractivity contribution is 7.57. The first-order valence-corrected chi connectivity index (χ1v) is 14.1. The third-order valence-electron chi connectivity index (χ3n) is 5.82. The van der Waals surface area contributed by atoms with Crippen LogP contribution in [0.4, 0.5) is 5.82 Å². The Kier molecular flexibility index (Phi) is 9.20. The molecule has 4 N–H and O–H groups in total. The Bertz CT molecular complexity index is 1420.